The van der Waals surface area contributed by atoms with Gasteiger partial charge in [0.1, 0.15) is 17.7 Å². The van der Waals surface area contributed by atoms with E-state index in [-0.39, 0.29) is 17.5 Å². The lowest BCUT2D eigenvalue weighted by molar-refractivity contribution is -0.0535. The summed E-state index contributed by atoms with van der Waals surface area (Å²) < 4.78 is 40.9. The molecule has 1 aromatic carbocycles. The van der Waals surface area contributed by atoms with Crippen LogP contribution in [0.15, 0.2) is 18.2 Å². The second kappa shape index (κ2) is 8.51. The maximum absolute atomic E-state index is 14.2. The predicted octanol–water partition coefficient (Wildman–Crippen LogP) is 1.34. The molecule has 8 nitrogen and oxygen atoms in total. The minimum Gasteiger partial charge on any atom is -0.378 e. The molecular weight excluding hydrogens is 420 g/mol. The van der Waals surface area contributed by atoms with Gasteiger partial charge in [-0.2, -0.15) is 0 Å². The molecule has 1 amide bonds. The van der Waals surface area contributed by atoms with E-state index in [9.17, 15) is 13.6 Å². The molecule has 0 bridgehead atoms. The number of hydrogen-bond donors (Lipinski definition) is 1. The van der Waals surface area contributed by atoms with Crippen molar-refractivity contribution >= 4 is 5.91 Å². The maximum atomic E-state index is 14.2. The molecule has 3 atom stereocenters. The van der Waals surface area contributed by atoms with E-state index in [4.69, 9.17) is 15.2 Å². The number of aromatic nitrogens is 2. The van der Waals surface area contributed by atoms with Crippen molar-refractivity contribution in [1.29, 1.82) is 0 Å². The van der Waals surface area contributed by atoms with Crippen LogP contribution in [-0.2, 0) is 29.6 Å². The van der Waals surface area contributed by atoms with Crippen LogP contribution in [0.2, 0.25) is 0 Å². The van der Waals surface area contributed by atoms with Gasteiger partial charge in [0, 0.05) is 50.9 Å². The topological polar surface area (TPSA) is 85.8 Å². The SMILES string of the molecule is Cn1c(C(=O)N2CCOCC2)nc2c1CN([C@H]1CO[C@H](c3cc(F)ccc3F)[C@@H](N)C1)C2. The molecule has 0 unspecified atom stereocenters. The number of halogens is 2. The molecule has 4 heterocycles. The highest BCUT2D eigenvalue weighted by molar-refractivity contribution is 5.91. The van der Waals surface area contributed by atoms with E-state index in [0.29, 0.717) is 58.2 Å². The zero-order valence-electron chi connectivity index (χ0n) is 18.0. The number of amides is 1. The largest absolute Gasteiger partial charge is 0.378 e. The average Bonchev–Trinajstić information content (AvgIpc) is 3.35. The number of nitrogens with zero attached hydrogens (tertiary/aromatic N) is 4. The van der Waals surface area contributed by atoms with Crippen LogP contribution in [0, 0.1) is 11.6 Å². The molecule has 172 valence electrons. The van der Waals surface area contributed by atoms with Crippen molar-refractivity contribution in [3.63, 3.8) is 0 Å². The lowest BCUT2D eigenvalue weighted by Crippen LogP contribution is -2.48. The van der Waals surface area contributed by atoms with Gasteiger partial charge in [-0.15, -0.1) is 0 Å². The molecule has 0 aliphatic carbocycles. The van der Waals surface area contributed by atoms with Gasteiger partial charge in [-0.3, -0.25) is 9.69 Å². The van der Waals surface area contributed by atoms with Gasteiger partial charge in [0.2, 0.25) is 0 Å². The van der Waals surface area contributed by atoms with Crippen molar-refractivity contribution in [1.82, 2.24) is 19.4 Å². The summed E-state index contributed by atoms with van der Waals surface area (Å²) in [5.74, 6) is -0.641. The van der Waals surface area contributed by atoms with Gasteiger partial charge in [0.15, 0.2) is 5.82 Å². The molecule has 2 fully saturated rings. The number of hydrogen-bond acceptors (Lipinski definition) is 6. The minimum atomic E-state index is -0.678. The second-order valence-corrected chi connectivity index (χ2v) is 8.67. The molecule has 0 saturated carbocycles. The average molecular weight is 447 g/mol. The number of carbonyl (C=O) groups is 1. The molecule has 0 radical (unpaired) electrons. The number of ether oxygens (including phenoxy) is 2. The first kappa shape index (κ1) is 21.4. The second-order valence-electron chi connectivity index (χ2n) is 8.67. The van der Waals surface area contributed by atoms with E-state index in [1.807, 2.05) is 11.6 Å². The third-order valence-electron chi connectivity index (χ3n) is 6.67. The van der Waals surface area contributed by atoms with Gasteiger partial charge in [0.05, 0.1) is 31.2 Å². The Labute approximate surface area is 184 Å². The lowest BCUT2D eigenvalue weighted by atomic mass is 9.93. The quantitative estimate of drug-likeness (QED) is 0.765. The summed E-state index contributed by atoms with van der Waals surface area (Å²) in [6.07, 6.45) is -0.0865. The fraction of sp³-hybridized carbons (Fsp3) is 0.545. The van der Waals surface area contributed by atoms with Gasteiger partial charge in [0.25, 0.3) is 5.91 Å². The highest BCUT2D eigenvalue weighted by atomic mass is 19.1. The molecule has 32 heavy (non-hydrogen) atoms. The predicted molar refractivity (Wildman–Crippen MR) is 111 cm³/mol. The van der Waals surface area contributed by atoms with Crippen molar-refractivity contribution in [2.45, 2.75) is 37.7 Å². The van der Waals surface area contributed by atoms with Crippen LogP contribution < -0.4 is 5.73 Å². The van der Waals surface area contributed by atoms with Crippen molar-refractivity contribution in [3.8, 4) is 0 Å². The van der Waals surface area contributed by atoms with Crippen LogP contribution in [0.1, 0.15) is 40.1 Å². The zero-order valence-corrected chi connectivity index (χ0v) is 18.0. The number of morpholine rings is 1. The molecule has 0 spiro atoms. The Morgan fingerprint density at radius 1 is 1.22 bits per heavy atom. The van der Waals surface area contributed by atoms with Gasteiger partial charge in [-0.1, -0.05) is 0 Å². The normalized spacial score (nSPS) is 26.4. The molecule has 5 rings (SSSR count). The Morgan fingerprint density at radius 3 is 2.72 bits per heavy atom. The van der Waals surface area contributed by atoms with E-state index in [1.165, 1.54) is 0 Å². The Morgan fingerprint density at radius 2 is 2.00 bits per heavy atom. The standard InChI is InChI=1S/C22H27F2N5O3/c1-27-19-11-29(10-18(19)26-21(27)22(30)28-4-6-31-7-5-28)14-9-17(25)20(32-12-14)15-8-13(23)2-3-16(15)24/h2-3,8,14,17,20H,4-7,9-12,25H2,1H3/t14-,17+,20-/m1/s1. The molecule has 10 heteroatoms. The fourth-order valence-corrected chi connectivity index (χ4v) is 4.86. The number of nitrogens with two attached hydrogens (primary N) is 1. The smallest absolute Gasteiger partial charge is 0.290 e. The van der Waals surface area contributed by atoms with E-state index in [1.54, 1.807) is 4.90 Å². The van der Waals surface area contributed by atoms with Crippen molar-refractivity contribution in [2.24, 2.45) is 12.8 Å². The highest BCUT2D eigenvalue weighted by Crippen LogP contribution is 2.34. The minimum absolute atomic E-state index is 0.0328. The summed E-state index contributed by atoms with van der Waals surface area (Å²) in [5, 5.41) is 0. The van der Waals surface area contributed by atoms with E-state index in [2.05, 4.69) is 9.88 Å². The molecule has 3 aliphatic rings. The van der Waals surface area contributed by atoms with E-state index >= 15 is 0 Å². The monoisotopic (exact) mass is 447 g/mol. The first-order chi connectivity index (χ1) is 15.4. The first-order valence-electron chi connectivity index (χ1n) is 10.9. The van der Waals surface area contributed by atoms with Crippen molar-refractivity contribution in [3.05, 3.63) is 52.6 Å². The fourth-order valence-electron chi connectivity index (χ4n) is 4.86. The summed E-state index contributed by atoms with van der Waals surface area (Å²) in [4.78, 5) is 21.5. The summed E-state index contributed by atoms with van der Waals surface area (Å²) in [6.45, 7) is 3.84. The molecule has 2 saturated heterocycles. The van der Waals surface area contributed by atoms with Crippen LogP contribution in [0.5, 0.6) is 0 Å². The molecule has 2 aromatic rings. The van der Waals surface area contributed by atoms with Crippen LogP contribution in [0.3, 0.4) is 0 Å². The van der Waals surface area contributed by atoms with Crippen molar-refractivity contribution in [2.75, 3.05) is 32.9 Å². The zero-order chi connectivity index (χ0) is 22.4. The summed E-state index contributed by atoms with van der Waals surface area (Å²) >= 11 is 0. The number of imidazole rings is 1. The van der Waals surface area contributed by atoms with Crippen molar-refractivity contribution < 1.29 is 23.0 Å². The van der Waals surface area contributed by atoms with Gasteiger partial charge >= 0.3 is 0 Å². The van der Waals surface area contributed by atoms with Crippen LogP contribution in [0.4, 0.5) is 8.78 Å². The Hall–Kier alpha value is -2.40. The number of carbonyl (C=O) groups excluding carboxylic acids is 1. The number of benzene rings is 1. The van der Waals surface area contributed by atoms with Crippen LogP contribution in [0.25, 0.3) is 0 Å². The lowest BCUT2D eigenvalue weighted by Gasteiger charge is -2.38. The van der Waals surface area contributed by atoms with Gasteiger partial charge in [-0.25, -0.2) is 13.8 Å². The molecule has 3 aliphatic heterocycles. The Bertz CT molecular complexity index is 1020. The summed E-state index contributed by atoms with van der Waals surface area (Å²) in [5.41, 5.74) is 8.38. The van der Waals surface area contributed by atoms with Crippen LogP contribution in [-0.4, -0.2) is 70.3 Å². The summed E-state index contributed by atoms with van der Waals surface area (Å²) in [6, 6.07) is 2.92. The third kappa shape index (κ3) is 3.81. The number of fused-ring (bicyclic) bond motifs is 1. The molecule has 1 aromatic heterocycles. The highest BCUT2D eigenvalue weighted by Gasteiger charge is 2.38. The molecular formula is C22H27F2N5O3. The molecule has 2 N–H and O–H groups in total. The van der Waals surface area contributed by atoms with Crippen LogP contribution >= 0.6 is 0 Å². The van der Waals surface area contributed by atoms with E-state index < -0.39 is 23.8 Å². The summed E-state index contributed by atoms with van der Waals surface area (Å²) in [7, 11) is 1.87. The first-order valence-corrected chi connectivity index (χ1v) is 10.9. The maximum Gasteiger partial charge on any atom is 0.290 e. The Balaban J connectivity index is 1.25. The van der Waals surface area contributed by atoms with E-state index in [0.717, 1.165) is 29.6 Å². The number of rotatable bonds is 3. The Kier molecular flexibility index (Phi) is 5.70. The van der Waals surface area contributed by atoms with Gasteiger partial charge < -0.3 is 24.7 Å². The van der Waals surface area contributed by atoms with Gasteiger partial charge in [-0.05, 0) is 24.6 Å². The third-order valence-corrected chi connectivity index (χ3v) is 6.67.